The van der Waals surface area contributed by atoms with E-state index in [1.54, 1.807) is 19.2 Å². The van der Waals surface area contributed by atoms with Crippen molar-refractivity contribution in [1.29, 1.82) is 0 Å². The zero-order valence-electron chi connectivity index (χ0n) is 10.9. The van der Waals surface area contributed by atoms with E-state index in [1.165, 1.54) is 16.8 Å². The number of benzene rings is 1. The fraction of sp³-hybridized carbons (Fsp3) is 0.143. The third kappa shape index (κ3) is 1.69. The summed E-state index contributed by atoms with van der Waals surface area (Å²) in [6.45, 7) is 1.81. The lowest BCUT2D eigenvalue weighted by Gasteiger charge is -1.97. The number of aromatic carboxylic acids is 1. The number of aromatic nitrogens is 3. The molecule has 0 spiro atoms. The minimum Gasteiger partial charge on any atom is -0.477 e. The number of hydrogen-bond donors (Lipinski definition) is 2. The molecule has 0 fully saturated rings. The number of nitrogens with zero attached hydrogens (tertiary/aromatic N) is 2. The summed E-state index contributed by atoms with van der Waals surface area (Å²) in [6, 6.07) is 6.22. The lowest BCUT2D eigenvalue weighted by molar-refractivity contribution is 0.0685. The van der Waals surface area contributed by atoms with Crippen LogP contribution in [0.4, 0.5) is 4.39 Å². The zero-order valence-corrected chi connectivity index (χ0v) is 10.9. The topological polar surface area (TPSA) is 70.9 Å². The van der Waals surface area contributed by atoms with Gasteiger partial charge in [0.1, 0.15) is 11.5 Å². The Kier molecular flexibility index (Phi) is 2.60. The molecule has 0 saturated heterocycles. The van der Waals surface area contributed by atoms with Crippen molar-refractivity contribution in [2.75, 3.05) is 0 Å². The van der Waals surface area contributed by atoms with Crippen molar-refractivity contribution in [3.05, 3.63) is 41.5 Å². The Morgan fingerprint density at radius 3 is 2.85 bits per heavy atom. The number of carboxylic acid groups (broad SMARTS) is 1. The summed E-state index contributed by atoms with van der Waals surface area (Å²) < 4.78 is 15.3. The van der Waals surface area contributed by atoms with Crippen molar-refractivity contribution in [2.45, 2.75) is 6.92 Å². The molecule has 0 radical (unpaired) electrons. The van der Waals surface area contributed by atoms with Crippen LogP contribution in [0.1, 0.15) is 16.2 Å². The van der Waals surface area contributed by atoms with Crippen molar-refractivity contribution >= 4 is 16.9 Å². The van der Waals surface area contributed by atoms with Gasteiger partial charge in [0, 0.05) is 29.2 Å². The van der Waals surface area contributed by atoms with E-state index in [-0.39, 0.29) is 11.5 Å². The molecule has 20 heavy (non-hydrogen) atoms. The number of aromatic amines is 1. The Morgan fingerprint density at radius 1 is 1.45 bits per heavy atom. The van der Waals surface area contributed by atoms with Crippen molar-refractivity contribution in [3.63, 3.8) is 0 Å². The van der Waals surface area contributed by atoms with Gasteiger partial charge in [0.05, 0.1) is 5.69 Å². The van der Waals surface area contributed by atoms with Gasteiger partial charge in [-0.1, -0.05) is 6.07 Å². The number of carboxylic acids is 1. The van der Waals surface area contributed by atoms with Crippen LogP contribution in [0.2, 0.25) is 0 Å². The van der Waals surface area contributed by atoms with E-state index >= 15 is 0 Å². The predicted octanol–water partition coefficient (Wildman–Crippen LogP) is 2.71. The number of hydrogen-bond acceptors (Lipinski definition) is 2. The van der Waals surface area contributed by atoms with Crippen LogP contribution in [0.25, 0.3) is 22.2 Å². The average molecular weight is 273 g/mol. The maximum Gasteiger partial charge on any atom is 0.354 e. The molecule has 6 heteroatoms. The summed E-state index contributed by atoms with van der Waals surface area (Å²) >= 11 is 0. The van der Waals surface area contributed by atoms with E-state index in [9.17, 15) is 9.18 Å². The van der Waals surface area contributed by atoms with E-state index in [0.29, 0.717) is 22.2 Å². The second kappa shape index (κ2) is 4.19. The molecule has 3 rings (SSSR count). The highest BCUT2D eigenvalue weighted by molar-refractivity contribution is 5.98. The number of rotatable bonds is 2. The molecule has 0 atom stereocenters. The van der Waals surface area contributed by atoms with Crippen LogP contribution < -0.4 is 0 Å². The van der Waals surface area contributed by atoms with Crippen LogP contribution in [0.3, 0.4) is 0 Å². The third-order valence-electron chi connectivity index (χ3n) is 3.32. The Bertz CT molecular complexity index is 832. The second-order valence-corrected chi connectivity index (χ2v) is 4.63. The summed E-state index contributed by atoms with van der Waals surface area (Å²) in [5.74, 6) is -1.42. The van der Waals surface area contributed by atoms with Gasteiger partial charge in [-0.2, -0.15) is 5.10 Å². The number of halogens is 1. The number of aryl methyl sites for hydroxylation is 2. The van der Waals surface area contributed by atoms with Crippen LogP contribution >= 0.6 is 0 Å². The number of nitrogens with one attached hydrogen (secondary N) is 1. The van der Waals surface area contributed by atoms with Crippen LogP contribution in [-0.2, 0) is 7.05 Å². The fourth-order valence-electron chi connectivity index (χ4n) is 2.44. The van der Waals surface area contributed by atoms with Crippen molar-refractivity contribution in [3.8, 4) is 11.3 Å². The first-order valence-corrected chi connectivity index (χ1v) is 6.03. The van der Waals surface area contributed by atoms with Crippen LogP contribution in [-0.4, -0.2) is 25.8 Å². The smallest absolute Gasteiger partial charge is 0.354 e. The largest absolute Gasteiger partial charge is 0.477 e. The molecule has 0 unspecified atom stereocenters. The van der Waals surface area contributed by atoms with Gasteiger partial charge in [-0.15, -0.1) is 0 Å². The van der Waals surface area contributed by atoms with E-state index in [0.717, 1.165) is 5.69 Å². The molecule has 5 nitrogen and oxygen atoms in total. The quantitative estimate of drug-likeness (QED) is 0.754. The minimum absolute atomic E-state index is 0.0603. The van der Waals surface area contributed by atoms with Crippen molar-refractivity contribution in [1.82, 2.24) is 14.8 Å². The molecule has 0 bridgehead atoms. The van der Waals surface area contributed by atoms with Crippen molar-refractivity contribution < 1.29 is 14.3 Å². The van der Waals surface area contributed by atoms with E-state index in [4.69, 9.17) is 5.11 Å². The van der Waals surface area contributed by atoms with Gasteiger partial charge in [0.2, 0.25) is 0 Å². The van der Waals surface area contributed by atoms with Gasteiger partial charge >= 0.3 is 5.97 Å². The van der Waals surface area contributed by atoms with Gasteiger partial charge in [0.25, 0.3) is 0 Å². The average Bonchev–Trinajstić information content (AvgIpc) is 2.90. The molecular formula is C14H12FN3O2. The van der Waals surface area contributed by atoms with Gasteiger partial charge in [-0.25, -0.2) is 9.18 Å². The van der Waals surface area contributed by atoms with Gasteiger partial charge in [-0.3, -0.25) is 4.68 Å². The first-order valence-electron chi connectivity index (χ1n) is 6.03. The summed E-state index contributed by atoms with van der Waals surface area (Å²) in [4.78, 5) is 14.2. The number of carbonyl (C=O) groups is 1. The van der Waals surface area contributed by atoms with Crippen molar-refractivity contribution in [2.24, 2.45) is 7.05 Å². The molecule has 0 saturated carbocycles. The molecule has 0 aliphatic heterocycles. The maximum absolute atomic E-state index is 14.0. The molecule has 2 N–H and O–H groups in total. The lowest BCUT2D eigenvalue weighted by atomic mass is 10.1. The highest BCUT2D eigenvalue weighted by Crippen LogP contribution is 2.33. The number of fused-ring (bicyclic) bond motifs is 1. The summed E-state index contributed by atoms with van der Waals surface area (Å²) in [5, 5.41) is 13.7. The minimum atomic E-state index is -1.07. The van der Waals surface area contributed by atoms with Gasteiger partial charge in [-0.05, 0) is 25.1 Å². The zero-order chi connectivity index (χ0) is 14.4. The molecular weight excluding hydrogens is 261 g/mol. The Hall–Kier alpha value is -2.63. The molecule has 1 aromatic carbocycles. The molecule has 102 valence electrons. The van der Waals surface area contributed by atoms with E-state index < -0.39 is 5.97 Å². The van der Waals surface area contributed by atoms with E-state index in [1.807, 2.05) is 6.92 Å². The molecule has 3 aromatic rings. The Balaban J connectivity index is 2.32. The molecule has 0 amide bonds. The van der Waals surface area contributed by atoms with Crippen LogP contribution in [0, 0.1) is 12.7 Å². The van der Waals surface area contributed by atoms with Gasteiger partial charge in [0.15, 0.2) is 0 Å². The molecule has 2 aromatic heterocycles. The normalized spacial score (nSPS) is 11.2. The lowest BCUT2D eigenvalue weighted by Crippen LogP contribution is -2.04. The predicted molar refractivity (Wildman–Crippen MR) is 72.2 cm³/mol. The Morgan fingerprint density at radius 2 is 2.20 bits per heavy atom. The standard InChI is InChI=1S/C14H12FN3O2/c1-7-12(10-6-11(14(19)20)18(2)17-10)13-8(15)4-3-5-9(13)16-7/h3-6,16H,1-2H3,(H,19,20). The summed E-state index contributed by atoms with van der Waals surface area (Å²) in [7, 11) is 1.55. The monoisotopic (exact) mass is 273 g/mol. The molecule has 0 aliphatic rings. The molecule has 2 heterocycles. The Labute approximate surface area is 113 Å². The second-order valence-electron chi connectivity index (χ2n) is 4.63. The van der Waals surface area contributed by atoms with Crippen LogP contribution in [0.5, 0.6) is 0 Å². The van der Waals surface area contributed by atoms with Gasteiger partial charge < -0.3 is 10.1 Å². The fourth-order valence-corrected chi connectivity index (χ4v) is 2.44. The SMILES string of the molecule is Cc1[nH]c2cccc(F)c2c1-c1cc(C(=O)O)n(C)n1. The van der Waals surface area contributed by atoms with E-state index in [2.05, 4.69) is 10.1 Å². The van der Waals surface area contributed by atoms with Crippen LogP contribution in [0.15, 0.2) is 24.3 Å². The third-order valence-corrected chi connectivity index (χ3v) is 3.32. The highest BCUT2D eigenvalue weighted by atomic mass is 19.1. The first kappa shape index (κ1) is 12.4. The maximum atomic E-state index is 14.0. The number of H-pyrrole nitrogens is 1. The summed E-state index contributed by atoms with van der Waals surface area (Å²) in [6.07, 6.45) is 0. The highest BCUT2D eigenvalue weighted by Gasteiger charge is 2.19. The molecule has 0 aliphatic carbocycles. The first-order chi connectivity index (χ1) is 9.49. The summed E-state index contributed by atoms with van der Waals surface area (Å²) in [5.41, 5.74) is 2.52.